The summed E-state index contributed by atoms with van der Waals surface area (Å²) in [6.07, 6.45) is 3.33. The van der Waals surface area contributed by atoms with Gasteiger partial charge in [-0.3, -0.25) is 9.59 Å². The number of hydrogen-bond acceptors (Lipinski definition) is 2. The van der Waals surface area contributed by atoms with E-state index >= 15 is 0 Å². The van der Waals surface area contributed by atoms with Gasteiger partial charge in [-0.15, -0.1) is 0 Å². The molecule has 1 aliphatic heterocycles. The number of carboxylic acids is 1. The third-order valence-corrected chi connectivity index (χ3v) is 5.15. The number of hydrogen-bond donors (Lipinski definition) is 2. The molecule has 1 fully saturated rings. The maximum atomic E-state index is 12.7. The summed E-state index contributed by atoms with van der Waals surface area (Å²) in [5.41, 5.74) is 0.968. The molecule has 0 unspecified atom stereocenters. The largest absolute Gasteiger partial charge is 0.481 e. The number of carbonyl (C=O) groups excluding carboxylic acids is 1. The lowest BCUT2D eigenvalue weighted by atomic mass is 9.73. The molecule has 122 valence electrons. The van der Waals surface area contributed by atoms with E-state index in [2.05, 4.69) is 4.98 Å². The minimum Gasteiger partial charge on any atom is -0.481 e. The first kappa shape index (κ1) is 15.6. The van der Waals surface area contributed by atoms with Crippen molar-refractivity contribution in [2.75, 3.05) is 13.1 Å². The molecule has 1 aromatic carbocycles. The minimum atomic E-state index is -0.764. The molecule has 1 aliphatic rings. The standard InChI is InChI=1S/C18H22N2O3/c1-18(2,17(22)23)14-6-9-20(10-7-14)16(21)13-3-4-15-12(11-13)5-8-19-15/h3-5,8,11,14,19H,6-7,9-10H2,1-2H3,(H,22,23). The van der Waals surface area contributed by atoms with Crippen molar-refractivity contribution in [3.8, 4) is 0 Å². The highest BCUT2D eigenvalue weighted by Crippen LogP contribution is 2.35. The maximum absolute atomic E-state index is 12.7. The lowest BCUT2D eigenvalue weighted by Crippen LogP contribution is -2.44. The molecule has 0 atom stereocenters. The number of fused-ring (bicyclic) bond motifs is 1. The fourth-order valence-electron chi connectivity index (χ4n) is 3.35. The van der Waals surface area contributed by atoms with Gasteiger partial charge in [0.05, 0.1) is 5.41 Å². The Bertz CT molecular complexity index is 740. The van der Waals surface area contributed by atoms with Gasteiger partial charge in [0.1, 0.15) is 0 Å². The predicted octanol–water partition coefficient (Wildman–Crippen LogP) is 3.13. The molecule has 0 saturated carbocycles. The molecule has 0 bridgehead atoms. The van der Waals surface area contributed by atoms with Gasteiger partial charge in [-0.05, 0) is 56.9 Å². The number of rotatable bonds is 3. The molecule has 23 heavy (non-hydrogen) atoms. The van der Waals surface area contributed by atoms with Crippen molar-refractivity contribution in [2.24, 2.45) is 11.3 Å². The van der Waals surface area contributed by atoms with Gasteiger partial charge >= 0.3 is 5.97 Å². The van der Waals surface area contributed by atoms with Crippen LogP contribution in [0.2, 0.25) is 0 Å². The van der Waals surface area contributed by atoms with E-state index in [1.54, 1.807) is 13.8 Å². The van der Waals surface area contributed by atoms with E-state index in [9.17, 15) is 14.7 Å². The average molecular weight is 314 g/mol. The number of carbonyl (C=O) groups is 2. The van der Waals surface area contributed by atoms with Crippen molar-refractivity contribution in [3.63, 3.8) is 0 Å². The Hall–Kier alpha value is -2.30. The molecule has 0 spiro atoms. The summed E-state index contributed by atoms with van der Waals surface area (Å²) in [6.45, 7) is 4.78. The van der Waals surface area contributed by atoms with Crippen LogP contribution >= 0.6 is 0 Å². The van der Waals surface area contributed by atoms with Crippen molar-refractivity contribution in [2.45, 2.75) is 26.7 Å². The fourth-order valence-corrected chi connectivity index (χ4v) is 3.35. The van der Waals surface area contributed by atoms with E-state index in [0.717, 1.165) is 23.7 Å². The number of nitrogens with one attached hydrogen (secondary N) is 1. The summed E-state index contributed by atoms with van der Waals surface area (Å²) in [5, 5.41) is 10.4. The number of nitrogens with zero attached hydrogens (tertiary/aromatic N) is 1. The SMILES string of the molecule is CC(C)(C(=O)O)C1CCN(C(=O)c2ccc3[nH]ccc3c2)CC1. The van der Waals surface area contributed by atoms with Gasteiger partial charge in [0.25, 0.3) is 5.91 Å². The second kappa shape index (κ2) is 5.72. The van der Waals surface area contributed by atoms with Gasteiger partial charge in [0.15, 0.2) is 0 Å². The fraction of sp³-hybridized carbons (Fsp3) is 0.444. The average Bonchev–Trinajstić information content (AvgIpc) is 3.01. The molecule has 2 N–H and O–H groups in total. The second-order valence-electron chi connectivity index (χ2n) is 6.87. The zero-order valence-corrected chi connectivity index (χ0v) is 13.5. The molecule has 3 rings (SSSR count). The normalized spacial score (nSPS) is 16.7. The highest BCUT2D eigenvalue weighted by molar-refractivity contribution is 5.98. The third kappa shape index (κ3) is 2.83. The number of carboxylic acid groups (broad SMARTS) is 1. The zero-order chi connectivity index (χ0) is 16.6. The van der Waals surface area contributed by atoms with Crippen LogP contribution in [0.15, 0.2) is 30.5 Å². The van der Waals surface area contributed by atoms with Crippen LogP contribution in [0, 0.1) is 11.3 Å². The number of aromatic nitrogens is 1. The van der Waals surface area contributed by atoms with Crippen LogP contribution in [0.3, 0.4) is 0 Å². The first-order valence-corrected chi connectivity index (χ1v) is 7.99. The number of benzene rings is 1. The van der Waals surface area contributed by atoms with Crippen LogP contribution in [0.5, 0.6) is 0 Å². The predicted molar refractivity (Wildman–Crippen MR) is 88.3 cm³/mol. The lowest BCUT2D eigenvalue weighted by Gasteiger charge is -2.38. The highest BCUT2D eigenvalue weighted by Gasteiger charge is 2.39. The van der Waals surface area contributed by atoms with E-state index in [1.165, 1.54) is 0 Å². The van der Waals surface area contributed by atoms with Crippen molar-refractivity contribution in [1.82, 2.24) is 9.88 Å². The van der Waals surface area contributed by atoms with Crippen LogP contribution in [-0.2, 0) is 4.79 Å². The van der Waals surface area contributed by atoms with Gasteiger partial charge in [-0.2, -0.15) is 0 Å². The number of aromatic amines is 1. The topological polar surface area (TPSA) is 73.4 Å². The monoisotopic (exact) mass is 314 g/mol. The van der Waals surface area contributed by atoms with E-state index in [1.807, 2.05) is 35.4 Å². The molecule has 1 aromatic heterocycles. The van der Waals surface area contributed by atoms with Crippen molar-refractivity contribution < 1.29 is 14.7 Å². The number of piperidine rings is 1. The van der Waals surface area contributed by atoms with Gasteiger partial charge in [-0.25, -0.2) is 0 Å². The van der Waals surface area contributed by atoms with Crippen molar-refractivity contribution in [1.29, 1.82) is 0 Å². The summed E-state index contributed by atoms with van der Waals surface area (Å²) in [4.78, 5) is 29.0. The van der Waals surface area contributed by atoms with Gasteiger partial charge in [0.2, 0.25) is 0 Å². The smallest absolute Gasteiger partial charge is 0.309 e. The van der Waals surface area contributed by atoms with Crippen LogP contribution in [0.4, 0.5) is 0 Å². The van der Waals surface area contributed by atoms with Crippen molar-refractivity contribution in [3.05, 3.63) is 36.0 Å². The summed E-state index contributed by atoms with van der Waals surface area (Å²) >= 11 is 0. The molecular weight excluding hydrogens is 292 g/mol. The van der Waals surface area contributed by atoms with Gasteiger partial charge in [-0.1, -0.05) is 0 Å². The van der Waals surface area contributed by atoms with Crippen LogP contribution < -0.4 is 0 Å². The third-order valence-electron chi connectivity index (χ3n) is 5.15. The Kier molecular flexibility index (Phi) is 3.88. The zero-order valence-electron chi connectivity index (χ0n) is 13.5. The van der Waals surface area contributed by atoms with Crippen LogP contribution in [0.1, 0.15) is 37.0 Å². The van der Waals surface area contributed by atoms with E-state index < -0.39 is 11.4 Å². The van der Waals surface area contributed by atoms with Crippen LogP contribution in [0.25, 0.3) is 10.9 Å². The molecule has 1 saturated heterocycles. The molecule has 2 aromatic rings. The summed E-state index contributed by atoms with van der Waals surface area (Å²) in [7, 11) is 0. The molecule has 2 heterocycles. The summed E-state index contributed by atoms with van der Waals surface area (Å²) < 4.78 is 0. The second-order valence-corrected chi connectivity index (χ2v) is 6.87. The molecular formula is C18H22N2O3. The van der Waals surface area contributed by atoms with Crippen molar-refractivity contribution >= 4 is 22.8 Å². The quantitative estimate of drug-likeness (QED) is 0.914. The lowest BCUT2D eigenvalue weighted by molar-refractivity contribution is -0.151. The van der Waals surface area contributed by atoms with E-state index in [0.29, 0.717) is 18.7 Å². The number of H-pyrrole nitrogens is 1. The highest BCUT2D eigenvalue weighted by atomic mass is 16.4. The molecule has 5 heteroatoms. The Morgan fingerprint density at radius 1 is 1.22 bits per heavy atom. The Balaban J connectivity index is 1.69. The Morgan fingerprint density at radius 2 is 1.91 bits per heavy atom. The first-order valence-electron chi connectivity index (χ1n) is 7.99. The van der Waals surface area contributed by atoms with Crippen LogP contribution in [-0.4, -0.2) is 40.0 Å². The Labute approximate surface area is 135 Å². The molecule has 1 amide bonds. The number of amides is 1. The van der Waals surface area contributed by atoms with Gasteiger partial charge in [0, 0.05) is 35.8 Å². The molecule has 0 aliphatic carbocycles. The Morgan fingerprint density at radius 3 is 2.57 bits per heavy atom. The number of aliphatic carboxylic acids is 1. The molecule has 5 nitrogen and oxygen atoms in total. The van der Waals surface area contributed by atoms with Gasteiger partial charge < -0.3 is 15.0 Å². The number of likely N-dealkylation sites (tertiary alicyclic amines) is 1. The van der Waals surface area contributed by atoms with E-state index in [4.69, 9.17) is 0 Å². The summed E-state index contributed by atoms with van der Waals surface area (Å²) in [5.74, 6) is -0.629. The minimum absolute atomic E-state index is 0.0275. The summed E-state index contributed by atoms with van der Waals surface area (Å²) in [6, 6.07) is 7.62. The maximum Gasteiger partial charge on any atom is 0.309 e. The van der Waals surface area contributed by atoms with E-state index in [-0.39, 0.29) is 11.8 Å². The molecule has 0 radical (unpaired) electrons. The first-order chi connectivity index (χ1) is 10.9.